The van der Waals surface area contributed by atoms with Crippen molar-refractivity contribution in [3.05, 3.63) is 47.0 Å². The van der Waals surface area contributed by atoms with Gasteiger partial charge < -0.3 is 24.1 Å². The van der Waals surface area contributed by atoms with Crippen molar-refractivity contribution in [2.75, 3.05) is 6.61 Å². The maximum Gasteiger partial charge on any atom is 0.338 e. The maximum absolute atomic E-state index is 14.8. The first-order valence-corrected chi connectivity index (χ1v) is 14.7. The third kappa shape index (κ3) is 4.10. The number of fused-ring (bicyclic) bond motifs is 5. The number of carbonyl (C=O) groups is 4. The Bertz CT molecular complexity index is 1350. The zero-order valence-corrected chi connectivity index (χ0v) is 25.7. The van der Waals surface area contributed by atoms with Crippen LogP contribution < -0.4 is 0 Å². The number of hydrogen-bond donors (Lipinski definition) is 1. The van der Waals surface area contributed by atoms with Gasteiger partial charge in [0, 0.05) is 30.3 Å². The van der Waals surface area contributed by atoms with Crippen LogP contribution >= 0.6 is 0 Å². The molecule has 0 radical (unpaired) electrons. The molecule has 2 saturated carbocycles. The molecule has 42 heavy (non-hydrogen) atoms. The first kappa shape index (κ1) is 30.4. The molecule has 0 spiro atoms. The molecule has 1 N–H and O–H groups in total. The van der Waals surface area contributed by atoms with E-state index in [0.717, 1.165) is 5.57 Å². The van der Waals surface area contributed by atoms with Crippen LogP contribution in [-0.4, -0.2) is 64.9 Å². The normalized spacial score (nSPS) is 40.4. The Morgan fingerprint density at radius 1 is 1.00 bits per heavy atom. The van der Waals surface area contributed by atoms with Crippen LogP contribution in [0, 0.1) is 28.6 Å². The van der Waals surface area contributed by atoms with Crippen LogP contribution in [0.5, 0.6) is 0 Å². The van der Waals surface area contributed by atoms with Crippen molar-refractivity contribution in [3.63, 3.8) is 0 Å². The van der Waals surface area contributed by atoms with E-state index in [-0.39, 0.29) is 36.2 Å². The van der Waals surface area contributed by atoms with Crippen molar-refractivity contribution >= 4 is 23.7 Å². The largest absolute Gasteiger partial charge is 0.455 e. The zero-order valence-electron chi connectivity index (χ0n) is 25.7. The fourth-order valence-electron chi connectivity index (χ4n) is 8.53. The van der Waals surface area contributed by atoms with Gasteiger partial charge in [0.2, 0.25) is 5.78 Å². The molecule has 0 amide bonds. The molecule has 4 aliphatic rings. The number of esters is 3. The predicted molar refractivity (Wildman–Crippen MR) is 151 cm³/mol. The number of carbonyl (C=O) groups excluding carboxylic acids is 4. The molecule has 1 aromatic carbocycles. The van der Waals surface area contributed by atoms with Gasteiger partial charge in [0.25, 0.3) is 0 Å². The van der Waals surface area contributed by atoms with Gasteiger partial charge in [-0.1, -0.05) is 58.4 Å². The summed E-state index contributed by atoms with van der Waals surface area (Å²) in [6, 6.07) is 8.49. The number of allylic oxidation sites excluding steroid dienone is 1. The monoisotopic (exact) mass is 582 g/mol. The molecule has 2 bridgehead atoms. The highest BCUT2D eigenvalue weighted by atomic mass is 16.6. The van der Waals surface area contributed by atoms with Gasteiger partial charge in [0.15, 0.2) is 11.7 Å². The number of Topliss-reactive ketones (excluding diaryl/α,β-unsaturated/α-hetero) is 1. The van der Waals surface area contributed by atoms with E-state index in [2.05, 4.69) is 0 Å². The van der Waals surface area contributed by atoms with E-state index in [1.807, 2.05) is 27.7 Å². The quantitative estimate of drug-likeness (QED) is 0.411. The summed E-state index contributed by atoms with van der Waals surface area (Å²) < 4.78 is 24.5. The molecule has 228 valence electrons. The first-order valence-electron chi connectivity index (χ1n) is 14.7. The lowest BCUT2D eigenvalue weighted by Crippen LogP contribution is -2.81. The summed E-state index contributed by atoms with van der Waals surface area (Å²) in [6.07, 6.45) is -2.53. The topological polar surface area (TPSA) is 125 Å². The van der Waals surface area contributed by atoms with Crippen molar-refractivity contribution in [3.8, 4) is 0 Å². The minimum atomic E-state index is -1.77. The van der Waals surface area contributed by atoms with Crippen LogP contribution in [0.25, 0.3) is 0 Å². The molecule has 1 aliphatic heterocycles. The summed E-state index contributed by atoms with van der Waals surface area (Å²) in [5, 5.41) is 13.0. The number of aliphatic hydroxyl groups is 1. The van der Waals surface area contributed by atoms with Crippen LogP contribution in [0.15, 0.2) is 41.5 Å². The summed E-state index contributed by atoms with van der Waals surface area (Å²) in [6.45, 7) is 13.6. The molecule has 1 aromatic rings. The average Bonchev–Trinajstić information content (AvgIpc) is 2.90. The van der Waals surface area contributed by atoms with Gasteiger partial charge in [-0.2, -0.15) is 0 Å². The van der Waals surface area contributed by atoms with Gasteiger partial charge in [0.1, 0.15) is 17.8 Å². The fraction of sp³-hybridized carbons (Fsp3) is 0.636. The first-order chi connectivity index (χ1) is 19.5. The second-order valence-corrected chi connectivity index (χ2v) is 13.6. The molecule has 3 aliphatic carbocycles. The Labute approximate surface area is 246 Å². The van der Waals surface area contributed by atoms with E-state index < -0.39 is 64.2 Å². The van der Waals surface area contributed by atoms with Crippen LogP contribution in [0.2, 0.25) is 0 Å². The highest BCUT2D eigenvalue weighted by Crippen LogP contribution is 2.66. The SMILES string of the molecule is CC(=O)OC1C(=O)C2=C(C)C(C)CC(O)(C(OC(=O)c3ccccc3)C3C4(OC(C)=O)COC4C[C@H](C)[C@@]13C)C2(C)C. The zero-order chi connectivity index (χ0) is 31.0. The highest BCUT2D eigenvalue weighted by molar-refractivity contribution is 6.03. The Hall–Kier alpha value is -3.04. The maximum atomic E-state index is 14.8. The van der Waals surface area contributed by atoms with E-state index in [1.165, 1.54) is 13.8 Å². The minimum absolute atomic E-state index is 0.0155. The molecule has 1 heterocycles. The molecule has 9 nitrogen and oxygen atoms in total. The number of ketones is 1. The van der Waals surface area contributed by atoms with Crippen LogP contribution in [-0.2, 0) is 33.3 Å². The summed E-state index contributed by atoms with van der Waals surface area (Å²) >= 11 is 0. The van der Waals surface area contributed by atoms with E-state index >= 15 is 0 Å². The number of hydrogen-bond acceptors (Lipinski definition) is 9. The predicted octanol–water partition coefficient (Wildman–Crippen LogP) is 4.20. The van der Waals surface area contributed by atoms with Crippen LogP contribution in [0.4, 0.5) is 0 Å². The van der Waals surface area contributed by atoms with Gasteiger partial charge in [-0.3, -0.25) is 14.4 Å². The molecule has 9 atom stereocenters. The van der Waals surface area contributed by atoms with Crippen molar-refractivity contribution < 1.29 is 43.2 Å². The molecule has 7 unspecified atom stereocenters. The Kier molecular flexibility index (Phi) is 7.25. The highest BCUT2D eigenvalue weighted by Gasteiger charge is 2.77. The third-order valence-corrected chi connectivity index (χ3v) is 11.0. The third-order valence-electron chi connectivity index (χ3n) is 11.0. The minimum Gasteiger partial charge on any atom is -0.455 e. The second-order valence-electron chi connectivity index (χ2n) is 13.6. The van der Waals surface area contributed by atoms with Crippen molar-refractivity contribution in [1.29, 1.82) is 0 Å². The molecule has 0 aromatic heterocycles. The van der Waals surface area contributed by atoms with E-state index in [4.69, 9.17) is 18.9 Å². The van der Waals surface area contributed by atoms with Crippen LogP contribution in [0.1, 0.15) is 78.6 Å². The second kappa shape index (κ2) is 10.0. The van der Waals surface area contributed by atoms with Crippen molar-refractivity contribution in [2.24, 2.45) is 28.6 Å². The number of ether oxygens (including phenoxy) is 4. The van der Waals surface area contributed by atoms with Gasteiger partial charge in [-0.25, -0.2) is 4.79 Å². The molecule has 1 saturated heterocycles. The van der Waals surface area contributed by atoms with Crippen molar-refractivity contribution in [2.45, 2.75) is 97.7 Å². The summed E-state index contributed by atoms with van der Waals surface area (Å²) in [5.41, 5.74) is -4.11. The van der Waals surface area contributed by atoms with Gasteiger partial charge in [0.05, 0.1) is 18.1 Å². The lowest BCUT2D eigenvalue weighted by atomic mass is 9.43. The standard InChI is InChI=1S/C33H42O9/c1-17-15-33(38)28(41-29(37)22-12-10-9-11-13-22)26-31(8,18(2)14-23-32(26,16-39-23)42-21(5)35)27(40-20(4)34)25(36)24(19(17)3)30(33,6)7/h9-13,17-18,23,26-28,38H,14-16H2,1-8H3/t17?,18-,23?,26?,27?,28?,31+,32?,33?/m0/s1. The molecular formula is C33H42O9. The van der Waals surface area contributed by atoms with Crippen LogP contribution in [0.3, 0.4) is 0 Å². The van der Waals surface area contributed by atoms with Crippen molar-refractivity contribution in [1.82, 2.24) is 0 Å². The van der Waals surface area contributed by atoms with Gasteiger partial charge in [-0.15, -0.1) is 0 Å². The number of benzene rings is 1. The van der Waals surface area contributed by atoms with E-state index in [1.54, 1.807) is 44.2 Å². The molecular weight excluding hydrogens is 540 g/mol. The molecule has 5 rings (SSSR count). The smallest absolute Gasteiger partial charge is 0.338 e. The summed E-state index contributed by atoms with van der Waals surface area (Å²) in [7, 11) is 0. The Morgan fingerprint density at radius 3 is 2.19 bits per heavy atom. The summed E-state index contributed by atoms with van der Waals surface area (Å²) in [4.78, 5) is 53.9. The number of rotatable bonds is 4. The van der Waals surface area contributed by atoms with E-state index in [0.29, 0.717) is 12.0 Å². The van der Waals surface area contributed by atoms with E-state index in [9.17, 15) is 24.3 Å². The lowest BCUT2D eigenvalue weighted by Gasteiger charge is -2.68. The Balaban J connectivity index is 1.85. The van der Waals surface area contributed by atoms with Gasteiger partial charge in [-0.05, 0) is 43.7 Å². The molecule has 9 heteroatoms. The molecule has 3 fully saturated rings. The Morgan fingerprint density at radius 2 is 1.64 bits per heavy atom. The van der Waals surface area contributed by atoms with Gasteiger partial charge >= 0.3 is 17.9 Å². The average molecular weight is 583 g/mol. The fourth-order valence-corrected chi connectivity index (χ4v) is 8.53. The lowest BCUT2D eigenvalue weighted by molar-refractivity contribution is -0.351. The summed E-state index contributed by atoms with van der Waals surface area (Å²) in [5.74, 6) is -3.80.